The Balaban J connectivity index is 2.94. The zero-order valence-electron chi connectivity index (χ0n) is 9.63. The second kappa shape index (κ2) is 5.49. The highest BCUT2D eigenvalue weighted by Gasteiger charge is 2.02. The molecular weight excluding hydrogens is 188 g/mol. The van der Waals surface area contributed by atoms with Gasteiger partial charge in [-0.25, -0.2) is 4.98 Å². The van der Waals surface area contributed by atoms with Gasteiger partial charge in [-0.1, -0.05) is 20.3 Å². The summed E-state index contributed by atoms with van der Waals surface area (Å²) in [6.07, 6.45) is 2.99. The topological polar surface area (TPSA) is 42.0 Å². The summed E-state index contributed by atoms with van der Waals surface area (Å²) in [5, 5.41) is 2.73. The number of nitrogens with zero attached hydrogens (tertiary/aromatic N) is 1. The van der Waals surface area contributed by atoms with Gasteiger partial charge in [0.2, 0.25) is 5.91 Å². The molecule has 82 valence electrons. The maximum absolute atomic E-state index is 10.9. The van der Waals surface area contributed by atoms with Gasteiger partial charge < -0.3 is 5.32 Å². The van der Waals surface area contributed by atoms with Gasteiger partial charge in [0.15, 0.2) is 0 Å². The molecule has 0 radical (unpaired) electrons. The lowest BCUT2D eigenvalue weighted by atomic mass is 10.1. The van der Waals surface area contributed by atoms with Gasteiger partial charge in [0.05, 0.1) is 0 Å². The molecule has 1 N–H and O–H groups in total. The van der Waals surface area contributed by atoms with E-state index in [4.69, 9.17) is 0 Å². The molecule has 0 fully saturated rings. The number of aryl methyl sites for hydroxylation is 2. The minimum Gasteiger partial charge on any atom is -0.311 e. The van der Waals surface area contributed by atoms with Gasteiger partial charge in [-0.15, -0.1) is 0 Å². The third-order valence-corrected chi connectivity index (χ3v) is 2.16. The van der Waals surface area contributed by atoms with Crippen LogP contribution in [0.1, 0.15) is 38.4 Å². The summed E-state index contributed by atoms with van der Waals surface area (Å²) in [4.78, 5) is 15.3. The average molecular weight is 206 g/mol. The molecular formula is C12H18N2O. The van der Waals surface area contributed by atoms with E-state index in [-0.39, 0.29) is 5.91 Å². The summed E-state index contributed by atoms with van der Waals surface area (Å²) in [5.74, 6) is 0.600. The maximum Gasteiger partial charge on any atom is 0.222 e. The summed E-state index contributed by atoms with van der Waals surface area (Å²) in [7, 11) is 0. The van der Waals surface area contributed by atoms with Crippen molar-refractivity contribution in [1.29, 1.82) is 0 Å². The van der Waals surface area contributed by atoms with E-state index in [1.807, 2.05) is 6.07 Å². The standard InChI is InChI=1S/C12H18N2O/c1-4-6-11-7-10(5-2)8-12(14-11)13-9(3)15/h7-8H,4-6H2,1-3H3,(H,13,14,15). The smallest absolute Gasteiger partial charge is 0.222 e. The zero-order chi connectivity index (χ0) is 11.3. The third kappa shape index (κ3) is 3.70. The average Bonchev–Trinajstić information content (AvgIpc) is 2.16. The Labute approximate surface area is 90.9 Å². The van der Waals surface area contributed by atoms with Gasteiger partial charge in [0.25, 0.3) is 0 Å². The van der Waals surface area contributed by atoms with Crippen molar-refractivity contribution in [3.8, 4) is 0 Å². The van der Waals surface area contributed by atoms with Crippen LogP contribution in [0.3, 0.4) is 0 Å². The molecule has 3 heteroatoms. The molecule has 1 aromatic rings. The highest BCUT2D eigenvalue weighted by Crippen LogP contribution is 2.12. The Morgan fingerprint density at radius 2 is 2.13 bits per heavy atom. The molecule has 0 aliphatic heterocycles. The number of hydrogen-bond acceptors (Lipinski definition) is 2. The Kier molecular flexibility index (Phi) is 4.28. The third-order valence-electron chi connectivity index (χ3n) is 2.16. The minimum absolute atomic E-state index is 0.0711. The van der Waals surface area contributed by atoms with Gasteiger partial charge in [-0.3, -0.25) is 4.79 Å². The Bertz CT molecular complexity index is 347. The van der Waals surface area contributed by atoms with Crippen molar-refractivity contribution in [2.24, 2.45) is 0 Å². The van der Waals surface area contributed by atoms with Crippen molar-refractivity contribution in [3.05, 3.63) is 23.4 Å². The number of carbonyl (C=O) groups excluding carboxylic acids is 1. The van der Waals surface area contributed by atoms with Gasteiger partial charge >= 0.3 is 0 Å². The summed E-state index contributed by atoms with van der Waals surface area (Å²) in [6, 6.07) is 4.04. The van der Waals surface area contributed by atoms with Crippen LogP contribution in [-0.2, 0) is 17.6 Å². The molecule has 1 aromatic heterocycles. The fourth-order valence-electron chi connectivity index (χ4n) is 1.48. The number of rotatable bonds is 4. The van der Waals surface area contributed by atoms with Crippen LogP contribution in [0, 0.1) is 0 Å². The lowest BCUT2D eigenvalue weighted by Crippen LogP contribution is -2.09. The van der Waals surface area contributed by atoms with Crippen molar-refractivity contribution in [2.45, 2.75) is 40.0 Å². The first kappa shape index (κ1) is 11.7. The zero-order valence-corrected chi connectivity index (χ0v) is 9.63. The summed E-state index contributed by atoms with van der Waals surface area (Å²) < 4.78 is 0. The van der Waals surface area contributed by atoms with Crippen molar-refractivity contribution < 1.29 is 4.79 Å². The van der Waals surface area contributed by atoms with Crippen molar-refractivity contribution in [2.75, 3.05) is 5.32 Å². The molecule has 0 saturated heterocycles. The predicted octanol–water partition coefficient (Wildman–Crippen LogP) is 2.55. The van der Waals surface area contributed by atoms with Gasteiger partial charge in [-0.05, 0) is 30.5 Å². The minimum atomic E-state index is -0.0711. The number of carbonyl (C=O) groups is 1. The molecule has 1 rings (SSSR count). The SMILES string of the molecule is CCCc1cc(CC)cc(NC(C)=O)n1. The van der Waals surface area contributed by atoms with E-state index in [2.05, 4.69) is 30.2 Å². The Morgan fingerprint density at radius 1 is 1.40 bits per heavy atom. The highest BCUT2D eigenvalue weighted by atomic mass is 16.1. The van der Waals surface area contributed by atoms with E-state index in [0.717, 1.165) is 25.0 Å². The summed E-state index contributed by atoms with van der Waals surface area (Å²) in [6.45, 7) is 5.72. The number of anilines is 1. The van der Waals surface area contributed by atoms with E-state index in [0.29, 0.717) is 5.82 Å². The van der Waals surface area contributed by atoms with Crippen LogP contribution >= 0.6 is 0 Å². The molecule has 1 heterocycles. The van der Waals surface area contributed by atoms with Crippen LogP contribution in [0.5, 0.6) is 0 Å². The van der Waals surface area contributed by atoms with Crippen molar-refractivity contribution in [3.63, 3.8) is 0 Å². The predicted molar refractivity (Wildman–Crippen MR) is 61.9 cm³/mol. The van der Waals surface area contributed by atoms with Crippen LogP contribution in [0.15, 0.2) is 12.1 Å². The van der Waals surface area contributed by atoms with Gasteiger partial charge in [-0.2, -0.15) is 0 Å². The first-order valence-corrected chi connectivity index (χ1v) is 5.43. The van der Waals surface area contributed by atoms with E-state index in [1.165, 1.54) is 12.5 Å². The number of hydrogen-bond donors (Lipinski definition) is 1. The lowest BCUT2D eigenvalue weighted by molar-refractivity contribution is -0.114. The first-order valence-electron chi connectivity index (χ1n) is 5.43. The monoisotopic (exact) mass is 206 g/mol. The lowest BCUT2D eigenvalue weighted by Gasteiger charge is -2.07. The fraction of sp³-hybridized carbons (Fsp3) is 0.500. The molecule has 0 saturated carbocycles. The fourth-order valence-corrected chi connectivity index (χ4v) is 1.48. The number of nitrogens with one attached hydrogen (secondary N) is 1. The molecule has 0 bridgehead atoms. The second-order valence-corrected chi connectivity index (χ2v) is 3.64. The first-order chi connectivity index (χ1) is 7.15. The Morgan fingerprint density at radius 3 is 2.67 bits per heavy atom. The van der Waals surface area contributed by atoms with Gasteiger partial charge in [0, 0.05) is 12.6 Å². The van der Waals surface area contributed by atoms with Crippen LogP contribution in [-0.4, -0.2) is 10.9 Å². The molecule has 1 amide bonds. The van der Waals surface area contributed by atoms with E-state index in [1.54, 1.807) is 0 Å². The number of pyridine rings is 1. The molecule has 0 aromatic carbocycles. The van der Waals surface area contributed by atoms with Crippen LogP contribution in [0.4, 0.5) is 5.82 Å². The normalized spacial score (nSPS) is 10.1. The second-order valence-electron chi connectivity index (χ2n) is 3.64. The van der Waals surface area contributed by atoms with E-state index < -0.39 is 0 Å². The molecule has 0 unspecified atom stereocenters. The molecule has 0 spiro atoms. The molecule has 0 atom stereocenters. The summed E-state index contributed by atoms with van der Waals surface area (Å²) in [5.41, 5.74) is 2.28. The largest absolute Gasteiger partial charge is 0.311 e. The highest BCUT2D eigenvalue weighted by molar-refractivity contribution is 5.87. The molecule has 3 nitrogen and oxygen atoms in total. The molecule has 0 aliphatic carbocycles. The van der Waals surface area contributed by atoms with Crippen LogP contribution in [0.25, 0.3) is 0 Å². The van der Waals surface area contributed by atoms with Crippen molar-refractivity contribution >= 4 is 11.7 Å². The van der Waals surface area contributed by atoms with Crippen molar-refractivity contribution in [1.82, 2.24) is 4.98 Å². The Hall–Kier alpha value is -1.38. The van der Waals surface area contributed by atoms with Gasteiger partial charge in [0.1, 0.15) is 5.82 Å². The number of amides is 1. The number of aromatic nitrogens is 1. The van der Waals surface area contributed by atoms with Crippen LogP contribution < -0.4 is 5.32 Å². The van der Waals surface area contributed by atoms with Crippen LogP contribution in [0.2, 0.25) is 0 Å². The molecule has 0 aliphatic rings. The molecule has 15 heavy (non-hydrogen) atoms. The van der Waals surface area contributed by atoms with E-state index >= 15 is 0 Å². The summed E-state index contributed by atoms with van der Waals surface area (Å²) >= 11 is 0. The maximum atomic E-state index is 10.9. The quantitative estimate of drug-likeness (QED) is 0.822. The van der Waals surface area contributed by atoms with E-state index in [9.17, 15) is 4.79 Å².